The third-order valence-electron chi connectivity index (χ3n) is 3.80. The molecule has 0 bridgehead atoms. The van der Waals surface area contributed by atoms with Gasteiger partial charge in [0, 0.05) is 0 Å². The maximum absolute atomic E-state index is 13.1. The van der Waals surface area contributed by atoms with Gasteiger partial charge in [0.2, 0.25) is 0 Å². The van der Waals surface area contributed by atoms with Crippen LogP contribution in [0.5, 0.6) is 0 Å². The molecule has 0 unspecified atom stereocenters. The van der Waals surface area contributed by atoms with Crippen LogP contribution in [0.4, 0.5) is 4.39 Å². The number of hydrogen-bond donors (Lipinski definition) is 2. The number of benzene rings is 1. The van der Waals surface area contributed by atoms with Crippen LogP contribution in [0.1, 0.15) is 18.7 Å². The molecule has 106 valence electrons. The van der Waals surface area contributed by atoms with E-state index in [-0.39, 0.29) is 11.7 Å². The molecule has 20 heavy (non-hydrogen) atoms. The summed E-state index contributed by atoms with van der Waals surface area (Å²) in [6.45, 7) is 2.15. The highest BCUT2D eigenvalue weighted by Crippen LogP contribution is 2.19. The molecule has 0 atom stereocenters. The highest BCUT2D eigenvalue weighted by molar-refractivity contribution is 5.74. The predicted molar refractivity (Wildman–Crippen MR) is 71.7 cm³/mol. The van der Waals surface area contributed by atoms with E-state index >= 15 is 0 Å². The van der Waals surface area contributed by atoms with Crippen LogP contribution in [0.15, 0.2) is 18.2 Å². The van der Waals surface area contributed by atoms with Gasteiger partial charge in [-0.25, -0.2) is 9.37 Å². The van der Waals surface area contributed by atoms with Gasteiger partial charge in [-0.3, -0.25) is 9.69 Å². The third kappa shape index (κ3) is 2.65. The van der Waals surface area contributed by atoms with Crippen LogP contribution in [0.2, 0.25) is 0 Å². The number of aliphatic carboxylic acids is 1. The summed E-state index contributed by atoms with van der Waals surface area (Å²) in [6, 6.07) is 4.48. The van der Waals surface area contributed by atoms with Crippen molar-refractivity contribution in [3.8, 4) is 0 Å². The topological polar surface area (TPSA) is 69.2 Å². The van der Waals surface area contributed by atoms with E-state index < -0.39 is 5.97 Å². The number of imidazole rings is 1. The van der Waals surface area contributed by atoms with Crippen LogP contribution in [-0.2, 0) is 11.3 Å². The zero-order valence-corrected chi connectivity index (χ0v) is 11.0. The Kier molecular flexibility index (Phi) is 3.40. The number of nitrogens with one attached hydrogen (secondary N) is 1. The number of carboxylic acids is 1. The first-order chi connectivity index (χ1) is 9.61. The van der Waals surface area contributed by atoms with Gasteiger partial charge in [0.25, 0.3) is 0 Å². The van der Waals surface area contributed by atoms with Crippen molar-refractivity contribution in [1.82, 2.24) is 14.9 Å². The summed E-state index contributed by atoms with van der Waals surface area (Å²) in [5.74, 6) is -0.422. The average Bonchev–Trinajstić information content (AvgIpc) is 2.80. The molecule has 1 aromatic carbocycles. The molecule has 2 aromatic rings. The number of aromatic nitrogens is 2. The van der Waals surface area contributed by atoms with Crippen molar-refractivity contribution < 1.29 is 14.3 Å². The summed E-state index contributed by atoms with van der Waals surface area (Å²) >= 11 is 0. The van der Waals surface area contributed by atoms with Gasteiger partial charge in [-0.2, -0.15) is 0 Å². The standard InChI is InChI=1S/C14H16FN3O2/c15-10-1-2-11-12(7-10)17-13(16-11)8-18-5-3-9(4-6-18)14(19)20/h1-2,7,9H,3-6,8H2,(H,16,17)(H,19,20). The number of halogens is 1. The van der Waals surface area contributed by atoms with Crippen molar-refractivity contribution in [2.75, 3.05) is 13.1 Å². The summed E-state index contributed by atoms with van der Waals surface area (Å²) in [4.78, 5) is 20.6. The van der Waals surface area contributed by atoms with E-state index in [0.29, 0.717) is 24.9 Å². The van der Waals surface area contributed by atoms with Gasteiger partial charge in [-0.05, 0) is 44.1 Å². The van der Waals surface area contributed by atoms with Crippen LogP contribution in [0.25, 0.3) is 11.0 Å². The van der Waals surface area contributed by atoms with Crippen LogP contribution >= 0.6 is 0 Å². The number of piperidine rings is 1. The van der Waals surface area contributed by atoms with Crippen molar-refractivity contribution in [2.45, 2.75) is 19.4 Å². The first-order valence-electron chi connectivity index (χ1n) is 6.71. The van der Waals surface area contributed by atoms with E-state index in [4.69, 9.17) is 5.11 Å². The molecule has 1 aliphatic heterocycles. The lowest BCUT2D eigenvalue weighted by Crippen LogP contribution is -2.36. The quantitative estimate of drug-likeness (QED) is 0.900. The van der Waals surface area contributed by atoms with E-state index in [2.05, 4.69) is 14.9 Å². The first kappa shape index (κ1) is 13.1. The van der Waals surface area contributed by atoms with Gasteiger partial charge < -0.3 is 10.1 Å². The summed E-state index contributed by atoms with van der Waals surface area (Å²) in [5.41, 5.74) is 1.45. The van der Waals surface area contributed by atoms with Crippen molar-refractivity contribution >= 4 is 17.0 Å². The van der Waals surface area contributed by atoms with Gasteiger partial charge >= 0.3 is 5.97 Å². The summed E-state index contributed by atoms with van der Waals surface area (Å²) in [7, 11) is 0. The Bertz CT molecular complexity index is 632. The monoisotopic (exact) mass is 277 g/mol. The van der Waals surface area contributed by atoms with Gasteiger partial charge in [0.15, 0.2) is 0 Å². The molecule has 5 nitrogen and oxygen atoms in total. The number of hydrogen-bond acceptors (Lipinski definition) is 3. The molecule has 1 aromatic heterocycles. The molecule has 6 heteroatoms. The second kappa shape index (κ2) is 5.20. The van der Waals surface area contributed by atoms with E-state index in [1.54, 1.807) is 6.07 Å². The number of H-pyrrole nitrogens is 1. The van der Waals surface area contributed by atoms with Crippen molar-refractivity contribution in [1.29, 1.82) is 0 Å². The largest absolute Gasteiger partial charge is 0.481 e. The average molecular weight is 277 g/mol. The number of nitrogens with zero attached hydrogens (tertiary/aromatic N) is 2. The molecular weight excluding hydrogens is 261 g/mol. The maximum atomic E-state index is 13.1. The zero-order chi connectivity index (χ0) is 14.1. The minimum Gasteiger partial charge on any atom is -0.481 e. The molecule has 2 N–H and O–H groups in total. The van der Waals surface area contributed by atoms with Crippen molar-refractivity contribution in [3.63, 3.8) is 0 Å². The molecule has 3 rings (SSSR count). The van der Waals surface area contributed by atoms with Crippen LogP contribution in [-0.4, -0.2) is 39.0 Å². The lowest BCUT2D eigenvalue weighted by molar-refractivity contribution is -0.143. The van der Waals surface area contributed by atoms with Gasteiger partial charge in [0.1, 0.15) is 11.6 Å². The number of fused-ring (bicyclic) bond motifs is 1. The predicted octanol–water partition coefficient (Wildman–Crippen LogP) is 2.00. The summed E-state index contributed by atoms with van der Waals surface area (Å²) in [6.07, 6.45) is 1.34. The van der Waals surface area contributed by atoms with E-state index in [1.807, 2.05) is 0 Å². The van der Waals surface area contributed by atoms with Gasteiger partial charge in [-0.15, -0.1) is 0 Å². The smallest absolute Gasteiger partial charge is 0.306 e. The molecule has 0 aliphatic carbocycles. The molecule has 0 radical (unpaired) electrons. The highest BCUT2D eigenvalue weighted by Gasteiger charge is 2.24. The number of aromatic amines is 1. The third-order valence-corrected chi connectivity index (χ3v) is 3.80. The number of rotatable bonds is 3. The Morgan fingerprint density at radius 1 is 1.45 bits per heavy atom. The van der Waals surface area contributed by atoms with E-state index in [0.717, 1.165) is 24.4 Å². The minimum absolute atomic E-state index is 0.226. The zero-order valence-electron chi connectivity index (χ0n) is 11.0. The Balaban J connectivity index is 1.66. The second-order valence-electron chi connectivity index (χ2n) is 5.23. The highest BCUT2D eigenvalue weighted by atomic mass is 19.1. The maximum Gasteiger partial charge on any atom is 0.306 e. The Morgan fingerprint density at radius 3 is 2.90 bits per heavy atom. The van der Waals surface area contributed by atoms with E-state index in [1.165, 1.54) is 12.1 Å². The lowest BCUT2D eigenvalue weighted by atomic mass is 9.97. The summed E-state index contributed by atoms with van der Waals surface area (Å²) in [5, 5.41) is 8.96. The fourth-order valence-corrected chi connectivity index (χ4v) is 2.66. The first-order valence-corrected chi connectivity index (χ1v) is 6.71. The van der Waals surface area contributed by atoms with Crippen LogP contribution < -0.4 is 0 Å². The molecule has 1 saturated heterocycles. The molecule has 0 amide bonds. The summed E-state index contributed by atoms with van der Waals surface area (Å²) < 4.78 is 13.1. The van der Waals surface area contributed by atoms with E-state index in [9.17, 15) is 9.18 Å². The number of likely N-dealkylation sites (tertiary alicyclic amines) is 1. The normalized spacial score (nSPS) is 17.6. The van der Waals surface area contributed by atoms with Gasteiger partial charge in [0.05, 0.1) is 23.5 Å². The van der Waals surface area contributed by atoms with Crippen LogP contribution in [0, 0.1) is 11.7 Å². The fourth-order valence-electron chi connectivity index (χ4n) is 2.66. The lowest BCUT2D eigenvalue weighted by Gasteiger charge is -2.29. The number of carbonyl (C=O) groups is 1. The van der Waals surface area contributed by atoms with Crippen LogP contribution in [0.3, 0.4) is 0 Å². The van der Waals surface area contributed by atoms with Crippen molar-refractivity contribution in [2.24, 2.45) is 5.92 Å². The van der Waals surface area contributed by atoms with Gasteiger partial charge in [-0.1, -0.05) is 0 Å². The minimum atomic E-state index is -0.705. The molecule has 1 fully saturated rings. The fraction of sp³-hybridized carbons (Fsp3) is 0.429. The Morgan fingerprint density at radius 2 is 2.20 bits per heavy atom. The molecular formula is C14H16FN3O2. The molecule has 0 spiro atoms. The SMILES string of the molecule is O=C(O)C1CCN(Cc2nc3ccc(F)cc3[nH]2)CC1. The number of carboxylic acid groups (broad SMARTS) is 1. The van der Waals surface area contributed by atoms with Crippen molar-refractivity contribution in [3.05, 3.63) is 29.8 Å². The molecule has 2 heterocycles. The Labute approximate surface area is 115 Å². The Hall–Kier alpha value is -1.95. The molecule has 0 saturated carbocycles. The second-order valence-corrected chi connectivity index (χ2v) is 5.23. The molecule has 1 aliphatic rings.